The highest BCUT2D eigenvalue weighted by Crippen LogP contribution is 2.13. The molecule has 0 aliphatic carbocycles. The normalized spacial score (nSPS) is 11.5. The van der Waals surface area contributed by atoms with Gasteiger partial charge in [0.2, 0.25) is 0 Å². The molecule has 5 nitrogen and oxygen atoms in total. The summed E-state index contributed by atoms with van der Waals surface area (Å²) in [7, 11) is 0. The fourth-order valence-electron chi connectivity index (χ4n) is 3.08. The molecular weight excluding hydrogens is 318 g/mol. The van der Waals surface area contributed by atoms with Crippen LogP contribution in [0.4, 0.5) is 0 Å². The van der Waals surface area contributed by atoms with Gasteiger partial charge >= 0.3 is 0 Å². The lowest BCUT2D eigenvalue weighted by Crippen LogP contribution is -2.26. The van der Waals surface area contributed by atoms with Crippen molar-refractivity contribution in [2.45, 2.75) is 110 Å². The summed E-state index contributed by atoms with van der Waals surface area (Å²) in [5.74, 6) is 0. The van der Waals surface area contributed by atoms with Crippen LogP contribution < -0.4 is 0 Å². The molecule has 0 aromatic carbocycles. The minimum Gasteiger partial charge on any atom is -0.369 e. The number of nitrogens with zero attached hydrogens (tertiary/aromatic N) is 1. The van der Waals surface area contributed by atoms with Crippen LogP contribution in [0.15, 0.2) is 0 Å². The first kappa shape index (κ1) is 24.8. The highest BCUT2D eigenvalue weighted by molar-refractivity contribution is 4.50. The average molecular weight is 362 g/mol. The van der Waals surface area contributed by atoms with Gasteiger partial charge in [0.1, 0.15) is 0 Å². The minimum absolute atomic E-state index is 0.432. The Labute approximate surface area is 155 Å². The summed E-state index contributed by atoms with van der Waals surface area (Å²) in [6.07, 6.45) is 21.4. The van der Waals surface area contributed by atoms with E-state index in [1.807, 2.05) is 0 Å². The summed E-state index contributed by atoms with van der Waals surface area (Å²) < 4.78 is 0. The first-order valence-electron chi connectivity index (χ1n) is 10.6. The van der Waals surface area contributed by atoms with Gasteiger partial charge in [0, 0.05) is 0 Å². The number of aliphatic hydroxyl groups excluding tert-OH is 2. The van der Waals surface area contributed by atoms with Crippen LogP contribution in [0, 0.1) is 0 Å². The Morgan fingerprint density at radius 2 is 0.840 bits per heavy atom. The number of unbranched alkanes of at least 4 members (excludes halogenated alkanes) is 15. The van der Waals surface area contributed by atoms with Gasteiger partial charge in [-0.2, -0.15) is 0 Å². The molecule has 25 heavy (non-hydrogen) atoms. The first-order chi connectivity index (χ1) is 12.3. The first-order valence-corrected chi connectivity index (χ1v) is 10.6. The van der Waals surface area contributed by atoms with Crippen LogP contribution in [0.3, 0.4) is 0 Å². The summed E-state index contributed by atoms with van der Waals surface area (Å²) >= 11 is 0. The quantitative estimate of drug-likeness (QED) is 0.165. The van der Waals surface area contributed by atoms with Gasteiger partial charge in [-0.1, -0.05) is 108 Å². The Hall–Kier alpha value is -0.200. The molecule has 0 bridgehead atoms. The lowest BCUT2D eigenvalue weighted by Gasteiger charge is -2.17. The molecule has 5 heteroatoms. The van der Waals surface area contributed by atoms with Crippen LogP contribution >= 0.6 is 0 Å². The third kappa shape index (κ3) is 20.0. The fraction of sp³-hybridized carbons (Fsp3) is 1.00. The summed E-state index contributed by atoms with van der Waals surface area (Å²) in [5, 5.41) is 18.5. The molecule has 0 unspecified atom stereocenters. The van der Waals surface area contributed by atoms with E-state index < -0.39 is 13.6 Å². The van der Waals surface area contributed by atoms with E-state index in [-0.39, 0.29) is 0 Å². The zero-order valence-corrected chi connectivity index (χ0v) is 16.6. The third-order valence-corrected chi connectivity index (χ3v) is 4.60. The van der Waals surface area contributed by atoms with E-state index in [2.05, 4.69) is 6.92 Å². The van der Waals surface area contributed by atoms with Crippen molar-refractivity contribution in [3.63, 3.8) is 0 Å². The van der Waals surface area contributed by atoms with Gasteiger partial charge in [-0.05, 0) is 6.42 Å². The van der Waals surface area contributed by atoms with Gasteiger partial charge in [0.05, 0.1) is 6.54 Å². The maximum absolute atomic E-state index is 8.67. The lowest BCUT2D eigenvalue weighted by molar-refractivity contribution is -0.404. The zero-order valence-electron chi connectivity index (χ0n) is 16.6. The molecule has 0 heterocycles. The van der Waals surface area contributed by atoms with Gasteiger partial charge in [0.25, 0.3) is 0 Å². The van der Waals surface area contributed by atoms with E-state index in [1.54, 1.807) is 0 Å². The van der Waals surface area contributed by atoms with E-state index in [0.717, 1.165) is 18.1 Å². The smallest absolute Gasteiger partial charge is 0.166 e. The van der Waals surface area contributed by atoms with Crippen molar-refractivity contribution in [3.05, 3.63) is 0 Å². The number of hydroxylamine groups is 2. The zero-order chi connectivity index (χ0) is 18.4. The second-order valence-corrected chi connectivity index (χ2v) is 6.88. The van der Waals surface area contributed by atoms with Crippen LogP contribution in [0.1, 0.15) is 110 Å². The van der Waals surface area contributed by atoms with Crippen LogP contribution in [0.2, 0.25) is 0 Å². The molecular formula is C20H43NO4. The van der Waals surface area contributed by atoms with Crippen molar-refractivity contribution in [3.8, 4) is 0 Å². The SMILES string of the molecule is CCCCCCCCCCCCCCCCCCN(OCO)OCO. The van der Waals surface area contributed by atoms with Crippen LogP contribution in [0.25, 0.3) is 0 Å². The van der Waals surface area contributed by atoms with Crippen molar-refractivity contribution >= 4 is 0 Å². The molecule has 0 aliphatic rings. The van der Waals surface area contributed by atoms with E-state index in [1.165, 1.54) is 89.9 Å². The maximum atomic E-state index is 8.67. The van der Waals surface area contributed by atoms with E-state index in [4.69, 9.17) is 19.9 Å². The Kier molecular flexibility index (Phi) is 21.7. The lowest BCUT2D eigenvalue weighted by atomic mass is 10.0. The Balaban J connectivity index is 3.13. The van der Waals surface area contributed by atoms with Crippen LogP contribution in [0.5, 0.6) is 0 Å². The van der Waals surface area contributed by atoms with Crippen molar-refractivity contribution in [1.29, 1.82) is 0 Å². The predicted octanol–water partition coefficient (Wildman–Crippen LogP) is 5.31. The Morgan fingerprint density at radius 3 is 1.16 bits per heavy atom. The Morgan fingerprint density at radius 1 is 0.520 bits per heavy atom. The second kappa shape index (κ2) is 21.8. The highest BCUT2D eigenvalue weighted by Gasteiger charge is 2.04. The molecule has 0 saturated heterocycles. The van der Waals surface area contributed by atoms with E-state index in [0.29, 0.717) is 6.54 Å². The number of rotatable bonds is 21. The monoisotopic (exact) mass is 361 g/mol. The Bertz CT molecular complexity index is 236. The molecule has 0 atom stereocenters. The molecule has 2 N–H and O–H groups in total. The molecule has 0 radical (unpaired) electrons. The van der Waals surface area contributed by atoms with Crippen molar-refractivity contribution in [2.75, 3.05) is 20.1 Å². The van der Waals surface area contributed by atoms with Crippen molar-refractivity contribution < 1.29 is 19.9 Å². The molecule has 0 aliphatic heterocycles. The molecule has 0 aromatic rings. The van der Waals surface area contributed by atoms with Gasteiger partial charge in [-0.15, -0.1) is 0 Å². The largest absolute Gasteiger partial charge is 0.369 e. The fourth-order valence-corrected chi connectivity index (χ4v) is 3.08. The van der Waals surface area contributed by atoms with Crippen molar-refractivity contribution in [2.24, 2.45) is 0 Å². The molecule has 152 valence electrons. The summed E-state index contributed by atoms with van der Waals surface area (Å²) in [5.41, 5.74) is 0. The molecule has 0 fully saturated rings. The van der Waals surface area contributed by atoms with Gasteiger partial charge in [0.15, 0.2) is 13.6 Å². The standard InChI is InChI=1S/C20H43NO4/c1-2-3-4-5-6-7-8-9-10-11-12-13-14-15-16-17-18-21(24-19-22)25-20-23/h22-23H,2-20H2,1H3. The molecule has 0 spiro atoms. The summed E-state index contributed by atoms with van der Waals surface area (Å²) in [4.78, 5) is 9.63. The second-order valence-electron chi connectivity index (χ2n) is 6.88. The van der Waals surface area contributed by atoms with Crippen molar-refractivity contribution in [1.82, 2.24) is 5.23 Å². The maximum Gasteiger partial charge on any atom is 0.166 e. The average Bonchev–Trinajstić information content (AvgIpc) is 2.61. The number of hydrogen-bond donors (Lipinski definition) is 2. The van der Waals surface area contributed by atoms with Gasteiger partial charge in [-0.25, -0.2) is 9.68 Å². The molecule has 0 saturated carbocycles. The summed E-state index contributed by atoms with van der Waals surface area (Å²) in [6, 6.07) is 0. The molecule has 0 amide bonds. The topological polar surface area (TPSA) is 62.2 Å². The van der Waals surface area contributed by atoms with E-state index >= 15 is 0 Å². The minimum atomic E-state index is -0.432. The molecule has 0 rings (SSSR count). The number of hydrogen-bond acceptors (Lipinski definition) is 5. The third-order valence-electron chi connectivity index (χ3n) is 4.60. The predicted molar refractivity (Wildman–Crippen MR) is 103 cm³/mol. The van der Waals surface area contributed by atoms with Crippen LogP contribution in [-0.4, -0.2) is 35.6 Å². The van der Waals surface area contributed by atoms with Gasteiger partial charge < -0.3 is 10.2 Å². The summed E-state index contributed by atoms with van der Waals surface area (Å²) in [6.45, 7) is 1.98. The van der Waals surface area contributed by atoms with E-state index in [9.17, 15) is 0 Å². The van der Waals surface area contributed by atoms with Gasteiger partial charge in [-0.3, -0.25) is 0 Å². The molecule has 0 aromatic heterocycles. The van der Waals surface area contributed by atoms with Crippen LogP contribution in [-0.2, 0) is 9.68 Å². The number of aliphatic hydroxyl groups is 2. The highest BCUT2D eigenvalue weighted by atomic mass is 17.0.